The number of amidine groups is 1. The van der Waals surface area contributed by atoms with Crippen molar-refractivity contribution in [1.82, 2.24) is 5.32 Å². The number of nitrogens with one attached hydrogen (secondary N) is 1. The Kier molecular flexibility index (Phi) is 3.79. The standard InChI is InChI=1S/C17H24N2/c1-13(2)19-12-11-15(14-9-7-6-8-10-14)16(19)18-17(3,4)5/h6-11,13H,12H2,1-5H3/p+1. The van der Waals surface area contributed by atoms with Crippen LogP contribution < -0.4 is 5.32 Å². The zero-order chi connectivity index (χ0) is 14.0. The Morgan fingerprint density at radius 1 is 1.11 bits per heavy atom. The highest BCUT2D eigenvalue weighted by atomic mass is 15.2. The average molecular weight is 257 g/mol. The van der Waals surface area contributed by atoms with Crippen LogP contribution in [-0.2, 0) is 0 Å². The predicted molar refractivity (Wildman–Crippen MR) is 82.6 cm³/mol. The van der Waals surface area contributed by atoms with Crippen molar-refractivity contribution >= 4 is 11.4 Å². The van der Waals surface area contributed by atoms with Crippen molar-refractivity contribution in [3.8, 4) is 0 Å². The minimum atomic E-state index is 0.0701. The molecule has 1 N–H and O–H groups in total. The second-order valence-corrected chi connectivity index (χ2v) is 6.45. The Bertz CT molecular complexity index is 502. The highest BCUT2D eigenvalue weighted by molar-refractivity contribution is 6.21. The van der Waals surface area contributed by atoms with Crippen LogP contribution in [0.5, 0.6) is 0 Å². The van der Waals surface area contributed by atoms with E-state index < -0.39 is 0 Å². The van der Waals surface area contributed by atoms with Crippen molar-refractivity contribution < 1.29 is 4.58 Å². The Morgan fingerprint density at radius 3 is 2.26 bits per heavy atom. The first-order chi connectivity index (χ1) is 8.88. The maximum Gasteiger partial charge on any atom is 0.278 e. The molecule has 0 atom stereocenters. The predicted octanol–water partition coefficient (Wildman–Crippen LogP) is 3.29. The molecule has 2 heteroatoms. The minimum absolute atomic E-state index is 0.0701. The van der Waals surface area contributed by atoms with E-state index in [9.17, 15) is 0 Å². The molecule has 0 bridgehead atoms. The van der Waals surface area contributed by atoms with Crippen molar-refractivity contribution in [1.29, 1.82) is 0 Å². The van der Waals surface area contributed by atoms with Crippen molar-refractivity contribution in [3.05, 3.63) is 42.0 Å². The van der Waals surface area contributed by atoms with Crippen LogP contribution >= 0.6 is 0 Å². The molecule has 0 saturated carbocycles. The first-order valence-corrected chi connectivity index (χ1v) is 7.06. The molecule has 0 unspecified atom stereocenters. The minimum Gasteiger partial charge on any atom is -0.270 e. The molecule has 2 rings (SSSR count). The van der Waals surface area contributed by atoms with E-state index in [1.54, 1.807) is 0 Å². The van der Waals surface area contributed by atoms with E-state index in [0.717, 1.165) is 6.54 Å². The van der Waals surface area contributed by atoms with Gasteiger partial charge in [0, 0.05) is 0 Å². The quantitative estimate of drug-likeness (QED) is 0.803. The summed E-state index contributed by atoms with van der Waals surface area (Å²) in [6, 6.07) is 11.1. The molecule has 0 saturated heterocycles. The van der Waals surface area contributed by atoms with Gasteiger partial charge in [-0.2, -0.15) is 0 Å². The molecule has 0 amide bonds. The summed E-state index contributed by atoms with van der Waals surface area (Å²) >= 11 is 0. The third kappa shape index (κ3) is 3.25. The highest BCUT2D eigenvalue weighted by Crippen LogP contribution is 2.21. The lowest BCUT2D eigenvalue weighted by Gasteiger charge is -2.20. The second-order valence-electron chi connectivity index (χ2n) is 6.45. The van der Waals surface area contributed by atoms with Crippen molar-refractivity contribution in [2.24, 2.45) is 0 Å². The molecule has 0 fully saturated rings. The lowest BCUT2D eigenvalue weighted by atomic mass is 10.0. The van der Waals surface area contributed by atoms with E-state index in [2.05, 4.69) is 80.9 Å². The molecule has 0 aromatic heterocycles. The van der Waals surface area contributed by atoms with Gasteiger partial charge in [-0.05, 0) is 46.3 Å². The van der Waals surface area contributed by atoms with Gasteiger partial charge in [0.2, 0.25) is 0 Å². The van der Waals surface area contributed by atoms with Gasteiger partial charge in [-0.25, -0.2) is 0 Å². The summed E-state index contributed by atoms with van der Waals surface area (Å²) < 4.78 is 2.42. The Labute approximate surface area is 116 Å². The van der Waals surface area contributed by atoms with Crippen LogP contribution in [0.15, 0.2) is 36.4 Å². The number of hydrogen-bond acceptors (Lipinski definition) is 1. The normalized spacial score (nSPS) is 16.0. The first-order valence-electron chi connectivity index (χ1n) is 7.06. The lowest BCUT2D eigenvalue weighted by Crippen LogP contribution is -2.45. The molecular formula is C17H25N2+. The van der Waals surface area contributed by atoms with E-state index in [1.807, 2.05) is 0 Å². The molecule has 0 spiro atoms. The van der Waals surface area contributed by atoms with Crippen molar-refractivity contribution in [3.63, 3.8) is 0 Å². The van der Waals surface area contributed by atoms with Gasteiger partial charge in [-0.1, -0.05) is 30.3 Å². The van der Waals surface area contributed by atoms with Gasteiger partial charge in [0.15, 0.2) is 0 Å². The summed E-state index contributed by atoms with van der Waals surface area (Å²) in [5.41, 5.74) is 2.68. The molecule has 19 heavy (non-hydrogen) atoms. The molecule has 1 aromatic rings. The van der Waals surface area contributed by atoms with Crippen LogP contribution in [0, 0.1) is 0 Å². The monoisotopic (exact) mass is 257 g/mol. The molecule has 1 aliphatic rings. The number of rotatable bonds is 2. The summed E-state index contributed by atoms with van der Waals surface area (Å²) in [7, 11) is 0. The topological polar surface area (TPSA) is 15.0 Å². The van der Waals surface area contributed by atoms with Crippen LogP contribution in [0.1, 0.15) is 40.2 Å². The average Bonchev–Trinajstić information content (AvgIpc) is 2.71. The first kappa shape index (κ1) is 13.9. The van der Waals surface area contributed by atoms with Gasteiger partial charge < -0.3 is 0 Å². The number of hydrogen-bond donors (Lipinski definition) is 1. The van der Waals surface area contributed by atoms with Crippen LogP contribution in [0.25, 0.3) is 5.57 Å². The smallest absolute Gasteiger partial charge is 0.270 e. The molecule has 1 heterocycles. The Balaban J connectivity index is 2.40. The largest absolute Gasteiger partial charge is 0.278 e. The van der Waals surface area contributed by atoms with Crippen LogP contribution in [0.2, 0.25) is 0 Å². The lowest BCUT2D eigenvalue weighted by molar-refractivity contribution is -0.547. The van der Waals surface area contributed by atoms with Gasteiger partial charge >= 0.3 is 0 Å². The van der Waals surface area contributed by atoms with Crippen LogP contribution in [-0.4, -0.2) is 28.5 Å². The molecule has 1 aromatic carbocycles. The van der Waals surface area contributed by atoms with Crippen molar-refractivity contribution in [2.45, 2.75) is 46.2 Å². The maximum absolute atomic E-state index is 3.67. The van der Waals surface area contributed by atoms with Crippen molar-refractivity contribution in [2.75, 3.05) is 6.54 Å². The van der Waals surface area contributed by atoms with Crippen LogP contribution in [0.3, 0.4) is 0 Å². The zero-order valence-electron chi connectivity index (χ0n) is 12.7. The molecule has 0 radical (unpaired) electrons. The van der Waals surface area contributed by atoms with Gasteiger partial charge in [0.1, 0.15) is 6.54 Å². The highest BCUT2D eigenvalue weighted by Gasteiger charge is 2.30. The summed E-state index contributed by atoms with van der Waals surface area (Å²) in [6.45, 7) is 12.1. The van der Waals surface area contributed by atoms with Gasteiger partial charge in [0.05, 0.1) is 17.2 Å². The molecular weight excluding hydrogens is 232 g/mol. The fraction of sp³-hybridized carbons (Fsp3) is 0.471. The Hall–Kier alpha value is -1.57. The summed E-state index contributed by atoms with van der Waals surface area (Å²) in [5.74, 6) is 1.26. The molecule has 102 valence electrons. The summed E-state index contributed by atoms with van der Waals surface area (Å²) in [4.78, 5) is 0. The Morgan fingerprint density at radius 2 is 1.74 bits per heavy atom. The zero-order valence-corrected chi connectivity index (χ0v) is 12.7. The fourth-order valence-corrected chi connectivity index (χ4v) is 2.37. The van der Waals surface area contributed by atoms with Gasteiger partial charge in [0.25, 0.3) is 5.84 Å². The fourth-order valence-electron chi connectivity index (χ4n) is 2.37. The molecule has 2 nitrogen and oxygen atoms in total. The van der Waals surface area contributed by atoms with E-state index >= 15 is 0 Å². The maximum atomic E-state index is 3.67. The molecule has 0 aliphatic carbocycles. The van der Waals surface area contributed by atoms with E-state index in [4.69, 9.17) is 0 Å². The van der Waals surface area contributed by atoms with E-state index in [-0.39, 0.29) is 5.54 Å². The van der Waals surface area contributed by atoms with E-state index in [0.29, 0.717) is 6.04 Å². The third-order valence-corrected chi connectivity index (χ3v) is 3.24. The SMILES string of the molecule is CC(C)[N+]1=C(NC(C)(C)C)C(c2ccccc2)=CC1. The summed E-state index contributed by atoms with van der Waals surface area (Å²) in [5, 5.41) is 3.67. The second kappa shape index (κ2) is 5.20. The molecule has 1 aliphatic heterocycles. The third-order valence-electron chi connectivity index (χ3n) is 3.24. The van der Waals surface area contributed by atoms with Gasteiger partial charge in [-0.15, -0.1) is 0 Å². The van der Waals surface area contributed by atoms with Gasteiger partial charge in [-0.3, -0.25) is 9.89 Å². The van der Waals surface area contributed by atoms with E-state index in [1.165, 1.54) is 17.0 Å². The number of benzene rings is 1. The number of nitrogens with zero attached hydrogens (tertiary/aromatic N) is 1. The van der Waals surface area contributed by atoms with Crippen LogP contribution in [0.4, 0.5) is 0 Å². The summed E-state index contributed by atoms with van der Waals surface area (Å²) in [6.07, 6.45) is 2.32.